The Morgan fingerprint density at radius 3 is 2.47 bits per heavy atom. The van der Waals surface area contributed by atoms with E-state index in [1.54, 1.807) is 18.2 Å². The van der Waals surface area contributed by atoms with Gasteiger partial charge in [-0.1, -0.05) is 35.9 Å². The maximum atomic E-state index is 11.4. The Kier molecular flexibility index (Phi) is 7.34. The third-order valence-corrected chi connectivity index (χ3v) is 7.42. The fourth-order valence-corrected chi connectivity index (χ4v) is 5.18. The molecule has 3 aromatic carbocycles. The van der Waals surface area contributed by atoms with Crippen LogP contribution in [-0.4, -0.2) is 22.2 Å². The monoisotopic (exact) mass is 539 g/mol. The van der Waals surface area contributed by atoms with E-state index < -0.39 is 5.97 Å². The van der Waals surface area contributed by atoms with Gasteiger partial charge in [-0.2, -0.15) is 0 Å². The standard InChI is InChI=1S/C28H27BrClNO3/c1-17-13-22(14-18(2)26(17)30)34-12-6-10-23-19(3)31(27-24(23)9-5-11-25(27)29)16-20-7-4-8-21(15-20)28(32)33/h4-5,7-9,11,13-15H,6,10,12,16H2,1-3H3,(H,32,33). The van der Waals surface area contributed by atoms with Crippen LogP contribution in [0.5, 0.6) is 5.75 Å². The van der Waals surface area contributed by atoms with E-state index in [9.17, 15) is 9.90 Å². The van der Waals surface area contributed by atoms with Crippen LogP contribution >= 0.6 is 27.5 Å². The molecule has 0 spiro atoms. The summed E-state index contributed by atoms with van der Waals surface area (Å²) in [7, 11) is 0. The van der Waals surface area contributed by atoms with Crippen molar-refractivity contribution in [1.82, 2.24) is 4.57 Å². The van der Waals surface area contributed by atoms with E-state index >= 15 is 0 Å². The molecule has 0 atom stereocenters. The summed E-state index contributed by atoms with van der Waals surface area (Å²) in [6, 6.07) is 17.4. The molecule has 4 nitrogen and oxygen atoms in total. The first kappa shape index (κ1) is 24.4. The smallest absolute Gasteiger partial charge is 0.335 e. The first-order valence-electron chi connectivity index (χ1n) is 11.2. The van der Waals surface area contributed by atoms with Gasteiger partial charge in [-0.15, -0.1) is 0 Å². The lowest BCUT2D eigenvalue weighted by Crippen LogP contribution is -2.05. The molecule has 6 heteroatoms. The highest BCUT2D eigenvalue weighted by Gasteiger charge is 2.17. The number of ether oxygens (including phenoxy) is 1. The molecule has 0 aliphatic heterocycles. The van der Waals surface area contributed by atoms with Gasteiger partial charge in [0, 0.05) is 27.1 Å². The van der Waals surface area contributed by atoms with Gasteiger partial charge in [0.1, 0.15) is 5.75 Å². The Labute approximate surface area is 213 Å². The number of carboxylic acids is 1. The molecule has 0 amide bonds. The summed E-state index contributed by atoms with van der Waals surface area (Å²) >= 11 is 10.00. The van der Waals surface area contributed by atoms with Crippen LogP contribution in [0.3, 0.4) is 0 Å². The first-order chi connectivity index (χ1) is 16.3. The second-order valence-corrected chi connectivity index (χ2v) is 9.85. The average molecular weight is 541 g/mol. The van der Waals surface area contributed by atoms with Crippen LogP contribution in [-0.2, 0) is 13.0 Å². The molecule has 0 bridgehead atoms. The maximum Gasteiger partial charge on any atom is 0.335 e. The van der Waals surface area contributed by atoms with Crippen molar-refractivity contribution in [2.45, 2.75) is 40.2 Å². The van der Waals surface area contributed by atoms with Crippen LogP contribution in [0.25, 0.3) is 10.9 Å². The summed E-state index contributed by atoms with van der Waals surface area (Å²) in [6.45, 7) is 7.33. The number of carboxylic acid groups (broad SMARTS) is 1. The van der Waals surface area contributed by atoms with E-state index in [-0.39, 0.29) is 0 Å². The molecule has 0 aliphatic rings. The van der Waals surface area contributed by atoms with E-state index in [0.717, 1.165) is 50.3 Å². The third kappa shape index (κ3) is 5.01. The van der Waals surface area contributed by atoms with Crippen molar-refractivity contribution >= 4 is 44.4 Å². The van der Waals surface area contributed by atoms with Gasteiger partial charge in [0.25, 0.3) is 0 Å². The van der Waals surface area contributed by atoms with Crippen molar-refractivity contribution in [2.75, 3.05) is 6.61 Å². The fourth-order valence-electron chi connectivity index (χ4n) is 4.49. The van der Waals surface area contributed by atoms with Gasteiger partial charge in [-0.25, -0.2) is 4.79 Å². The minimum absolute atomic E-state index is 0.302. The largest absolute Gasteiger partial charge is 0.494 e. The number of para-hydroxylation sites is 1. The molecule has 1 aromatic heterocycles. The van der Waals surface area contributed by atoms with E-state index in [0.29, 0.717) is 18.7 Å². The molecule has 1 N–H and O–H groups in total. The minimum atomic E-state index is -0.913. The lowest BCUT2D eigenvalue weighted by atomic mass is 10.1. The number of hydrogen-bond acceptors (Lipinski definition) is 2. The number of benzene rings is 3. The van der Waals surface area contributed by atoms with Crippen molar-refractivity contribution in [3.8, 4) is 5.75 Å². The highest BCUT2D eigenvalue weighted by molar-refractivity contribution is 9.10. The summed E-state index contributed by atoms with van der Waals surface area (Å²) < 4.78 is 9.32. The molecule has 0 radical (unpaired) electrons. The lowest BCUT2D eigenvalue weighted by Gasteiger charge is -2.11. The van der Waals surface area contributed by atoms with Crippen LogP contribution in [0.2, 0.25) is 5.02 Å². The highest BCUT2D eigenvalue weighted by atomic mass is 79.9. The second kappa shape index (κ2) is 10.2. The zero-order chi connectivity index (χ0) is 24.4. The molecule has 0 aliphatic carbocycles. The van der Waals surface area contributed by atoms with Gasteiger partial charge >= 0.3 is 5.97 Å². The molecule has 4 aromatic rings. The zero-order valence-corrected chi connectivity index (χ0v) is 21.8. The van der Waals surface area contributed by atoms with Crippen molar-refractivity contribution in [1.29, 1.82) is 0 Å². The number of aromatic nitrogens is 1. The van der Waals surface area contributed by atoms with Crippen molar-refractivity contribution in [3.05, 3.63) is 97.6 Å². The van der Waals surface area contributed by atoms with Gasteiger partial charge < -0.3 is 14.4 Å². The number of rotatable bonds is 8. The zero-order valence-electron chi connectivity index (χ0n) is 19.5. The van der Waals surface area contributed by atoms with Gasteiger partial charge in [-0.05, 0) is 102 Å². The molecule has 0 fully saturated rings. The van der Waals surface area contributed by atoms with Crippen LogP contribution in [0.4, 0.5) is 0 Å². The average Bonchev–Trinajstić information content (AvgIpc) is 3.07. The molecular weight excluding hydrogens is 514 g/mol. The van der Waals surface area contributed by atoms with Gasteiger partial charge in [-0.3, -0.25) is 0 Å². The normalized spacial score (nSPS) is 11.2. The summed E-state index contributed by atoms with van der Waals surface area (Å²) in [5.41, 5.74) is 6.90. The Balaban J connectivity index is 1.56. The molecule has 1 heterocycles. The van der Waals surface area contributed by atoms with Crippen LogP contribution in [0, 0.1) is 20.8 Å². The van der Waals surface area contributed by atoms with Crippen LogP contribution in [0.1, 0.15) is 44.7 Å². The highest BCUT2D eigenvalue weighted by Crippen LogP contribution is 2.33. The fraction of sp³-hybridized carbons (Fsp3) is 0.250. The molecule has 0 saturated heterocycles. The molecule has 0 unspecified atom stereocenters. The third-order valence-electron chi connectivity index (χ3n) is 6.19. The number of hydrogen-bond donors (Lipinski definition) is 1. The van der Waals surface area contributed by atoms with E-state index in [1.807, 2.05) is 38.1 Å². The second-order valence-electron chi connectivity index (χ2n) is 8.61. The summed E-state index contributed by atoms with van der Waals surface area (Å²) in [6.07, 6.45) is 1.76. The Hall–Kier alpha value is -2.76. The number of nitrogens with zero attached hydrogens (tertiary/aromatic N) is 1. The van der Waals surface area contributed by atoms with E-state index in [2.05, 4.69) is 39.6 Å². The predicted octanol–water partition coefficient (Wildman–Crippen LogP) is 7.74. The number of aryl methyl sites for hydroxylation is 3. The van der Waals surface area contributed by atoms with E-state index in [4.69, 9.17) is 16.3 Å². The van der Waals surface area contributed by atoms with Crippen molar-refractivity contribution < 1.29 is 14.6 Å². The maximum absolute atomic E-state index is 11.4. The summed E-state index contributed by atoms with van der Waals surface area (Å²) in [5, 5.41) is 11.4. The first-order valence-corrected chi connectivity index (χ1v) is 12.4. The Morgan fingerprint density at radius 2 is 1.76 bits per heavy atom. The summed E-state index contributed by atoms with van der Waals surface area (Å²) in [4.78, 5) is 11.4. The van der Waals surface area contributed by atoms with Crippen LogP contribution in [0.15, 0.2) is 59.1 Å². The number of aromatic carboxylic acids is 1. The molecular formula is C28H27BrClNO3. The van der Waals surface area contributed by atoms with Gasteiger partial charge in [0.15, 0.2) is 0 Å². The molecule has 4 rings (SSSR count). The minimum Gasteiger partial charge on any atom is -0.494 e. The van der Waals surface area contributed by atoms with Crippen molar-refractivity contribution in [3.63, 3.8) is 0 Å². The molecule has 0 saturated carbocycles. The number of halogens is 2. The topological polar surface area (TPSA) is 51.5 Å². The number of fused-ring (bicyclic) bond motifs is 1. The quantitative estimate of drug-likeness (QED) is 0.233. The molecule has 34 heavy (non-hydrogen) atoms. The van der Waals surface area contributed by atoms with Crippen molar-refractivity contribution in [2.24, 2.45) is 0 Å². The van der Waals surface area contributed by atoms with E-state index in [1.165, 1.54) is 16.6 Å². The van der Waals surface area contributed by atoms with Crippen LogP contribution < -0.4 is 4.74 Å². The summed E-state index contributed by atoms with van der Waals surface area (Å²) in [5.74, 6) is -0.0662. The lowest BCUT2D eigenvalue weighted by molar-refractivity contribution is 0.0696. The predicted molar refractivity (Wildman–Crippen MR) is 142 cm³/mol. The van der Waals surface area contributed by atoms with Gasteiger partial charge in [0.05, 0.1) is 17.7 Å². The SMILES string of the molecule is Cc1cc(OCCCc2c(C)n(Cc3cccc(C(=O)O)c3)c3c(Br)cccc23)cc(C)c1Cl. The Morgan fingerprint density at radius 1 is 1.06 bits per heavy atom. The Bertz CT molecular complexity index is 1350. The number of carbonyl (C=O) groups is 1. The van der Waals surface area contributed by atoms with Gasteiger partial charge in [0.2, 0.25) is 0 Å². The molecule has 176 valence electrons.